The monoisotopic (exact) mass is 498 g/mol. The summed E-state index contributed by atoms with van der Waals surface area (Å²) in [5, 5.41) is 4.02. The van der Waals surface area contributed by atoms with Crippen molar-refractivity contribution < 1.29 is 41.0 Å². The number of methoxy groups -OCH3 is 3. The third-order valence-electron chi connectivity index (χ3n) is 5.72. The Morgan fingerprint density at radius 3 is 1.76 bits per heavy atom. The van der Waals surface area contributed by atoms with Crippen molar-refractivity contribution in [1.82, 2.24) is 5.32 Å². The Morgan fingerprint density at radius 2 is 1.24 bits per heavy atom. The average Bonchev–Trinajstić information content (AvgIpc) is 2.84. The van der Waals surface area contributed by atoms with Crippen LogP contribution < -0.4 is 10.6 Å². The quantitative estimate of drug-likeness (QED) is 0.0930. The molecule has 1 aromatic rings. The second-order valence-electron chi connectivity index (χ2n) is 7.94. The highest BCUT2D eigenvalue weighted by Crippen LogP contribution is 2.32. The lowest BCUT2D eigenvalue weighted by Gasteiger charge is -2.36. The van der Waals surface area contributed by atoms with Crippen LogP contribution >= 0.6 is 0 Å². The molecule has 0 aliphatic carbocycles. The average molecular weight is 499 g/mol. The van der Waals surface area contributed by atoms with Gasteiger partial charge >= 0.3 is 6.03 Å². The molecule has 0 aliphatic rings. The standard InChI is InChI=1S/C23H35F5N2O4/c1-5-6-7-8-9-10-12-15(23(32-2,33-3)34-4)13-11-14-29-22(31)30-21-19(27)17(25)16(24)18(26)20(21)28/h15H,5-14H2,1-4H3,(H2,29,30,31). The molecule has 34 heavy (non-hydrogen) atoms. The number of carbonyl (C=O) groups is 1. The number of hydrogen-bond donors (Lipinski definition) is 2. The molecule has 0 radical (unpaired) electrons. The van der Waals surface area contributed by atoms with Crippen LogP contribution in [0, 0.1) is 35.0 Å². The maximum Gasteiger partial charge on any atom is 0.319 e. The molecule has 1 rings (SSSR count). The predicted molar refractivity (Wildman–Crippen MR) is 118 cm³/mol. The van der Waals surface area contributed by atoms with Gasteiger partial charge in [0.15, 0.2) is 23.3 Å². The minimum Gasteiger partial charge on any atom is -0.338 e. The molecule has 0 saturated carbocycles. The first kappa shape index (κ1) is 30.1. The lowest BCUT2D eigenvalue weighted by molar-refractivity contribution is -0.380. The first-order valence-electron chi connectivity index (χ1n) is 11.4. The highest BCUT2D eigenvalue weighted by atomic mass is 19.2. The Balaban J connectivity index is 2.65. The zero-order valence-corrected chi connectivity index (χ0v) is 20.2. The smallest absolute Gasteiger partial charge is 0.319 e. The van der Waals surface area contributed by atoms with Gasteiger partial charge in [0.25, 0.3) is 5.97 Å². The summed E-state index contributed by atoms with van der Waals surface area (Å²) in [6.07, 6.45) is 8.32. The molecule has 0 aromatic heterocycles. The van der Waals surface area contributed by atoms with Gasteiger partial charge in [-0.2, -0.15) is 0 Å². The first-order chi connectivity index (χ1) is 16.2. The number of rotatable bonds is 16. The molecular formula is C23H35F5N2O4. The minimum absolute atomic E-state index is 0.0709. The van der Waals surface area contributed by atoms with Gasteiger partial charge in [0.05, 0.1) is 0 Å². The summed E-state index contributed by atoms with van der Waals surface area (Å²) in [5.74, 6) is -12.2. The van der Waals surface area contributed by atoms with Crippen molar-refractivity contribution in [1.29, 1.82) is 0 Å². The number of urea groups is 1. The summed E-state index contributed by atoms with van der Waals surface area (Å²) in [6, 6.07) is -1.10. The predicted octanol–water partition coefficient (Wildman–Crippen LogP) is 6.24. The Bertz CT molecular complexity index is 741. The Kier molecular flexibility index (Phi) is 13.4. The van der Waals surface area contributed by atoms with Crippen molar-refractivity contribution >= 4 is 11.7 Å². The highest BCUT2D eigenvalue weighted by molar-refractivity contribution is 5.89. The largest absolute Gasteiger partial charge is 0.338 e. The molecule has 0 heterocycles. The van der Waals surface area contributed by atoms with Crippen molar-refractivity contribution in [2.45, 2.75) is 70.7 Å². The van der Waals surface area contributed by atoms with Crippen molar-refractivity contribution in [2.24, 2.45) is 5.92 Å². The van der Waals surface area contributed by atoms with Gasteiger partial charge in [-0.05, 0) is 19.3 Å². The number of anilines is 1. The lowest BCUT2D eigenvalue weighted by Crippen LogP contribution is -2.44. The fraction of sp³-hybridized carbons (Fsp3) is 0.696. The minimum atomic E-state index is -2.30. The number of ether oxygens (including phenoxy) is 3. The first-order valence-corrected chi connectivity index (χ1v) is 11.4. The molecule has 0 bridgehead atoms. The van der Waals surface area contributed by atoms with Crippen LogP contribution in [0.2, 0.25) is 0 Å². The van der Waals surface area contributed by atoms with E-state index in [1.807, 2.05) is 0 Å². The maximum absolute atomic E-state index is 13.7. The molecule has 1 unspecified atom stereocenters. The Morgan fingerprint density at radius 1 is 0.765 bits per heavy atom. The van der Waals surface area contributed by atoms with E-state index in [4.69, 9.17) is 14.2 Å². The molecule has 1 atom stereocenters. The lowest BCUT2D eigenvalue weighted by atomic mass is 9.93. The molecular weight excluding hydrogens is 463 g/mol. The second kappa shape index (κ2) is 15.1. The van der Waals surface area contributed by atoms with E-state index < -0.39 is 46.8 Å². The molecule has 0 saturated heterocycles. The number of halogens is 5. The zero-order chi connectivity index (χ0) is 25.7. The van der Waals surface area contributed by atoms with E-state index >= 15 is 0 Å². The molecule has 11 heteroatoms. The van der Waals surface area contributed by atoms with E-state index in [9.17, 15) is 26.7 Å². The van der Waals surface area contributed by atoms with Crippen LogP contribution in [0.5, 0.6) is 0 Å². The topological polar surface area (TPSA) is 68.8 Å². The number of nitrogens with one attached hydrogen (secondary N) is 2. The second-order valence-corrected chi connectivity index (χ2v) is 7.94. The van der Waals surface area contributed by atoms with Gasteiger partial charge < -0.3 is 24.8 Å². The summed E-state index contributed by atoms with van der Waals surface area (Å²) in [5.41, 5.74) is -1.41. The maximum atomic E-state index is 13.7. The number of amides is 2. The van der Waals surface area contributed by atoms with E-state index in [1.165, 1.54) is 34.2 Å². The van der Waals surface area contributed by atoms with Crippen LogP contribution in [0.4, 0.5) is 32.4 Å². The van der Waals surface area contributed by atoms with Crippen molar-refractivity contribution in [3.8, 4) is 0 Å². The summed E-state index contributed by atoms with van der Waals surface area (Å²) in [7, 11) is 4.41. The molecule has 0 fully saturated rings. The SMILES string of the molecule is CCCCCCCCC(CCCNC(=O)Nc1c(F)c(F)c(F)c(F)c1F)C(OC)(OC)OC. The molecule has 0 spiro atoms. The van der Waals surface area contributed by atoms with Gasteiger partial charge in [0.2, 0.25) is 5.82 Å². The van der Waals surface area contributed by atoms with Crippen LogP contribution in [0.3, 0.4) is 0 Å². The Labute approximate surface area is 197 Å². The van der Waals surface area contributed by atoms with Gasteiger partial charge in [0, 0.05) is 33.8 Å². The summed E-state index contributed by atoms with van der Waals surface area (Å²) >= 11 is 0. The van der Waals surface area contributed by atoms with Gasteiger partial charge in [-0.15, -0.1) is 0 Å². The van der Waals surface area contributed by atoms with E-state index in [1.54, 1.807) is 5.32 Å². The van der Waals surface area contributed by atoms with E-state index in [-0.39, 0.29) is 12.5 Å². The van der Waals surface area contributed by atoms with Crippen LogP contribution in [0.25, 0.3) is 0 Å². The van der Waals surface area contributed by atoms with E-state index in [0.29, 0.717) is 12.8 Å². The third-order valence-corrected chi connectivity index (χ3v) is 5.72. The fourth-order valence-corrected chi connectivity index (χ4v) is 3.84. The van der Waals surface area contributed by atoms with Gasteiger partial charge in [-0.3, -0.25) is 0 Å². The normalized spacial score (nSPS) is 12.6. The van der Waals surface area contributed by atoms with Crippen molar-refractivity contribution in [3.05, 3.63) is 29.1 Å². The van der Waals surface area contributed by atoms with Gasteiger partial charge in [-0.25, -0.2) is 26.7 Å². The molecule has 2 N–H and O–H groups in total. The number of benzene rings is 1. The molecule has 2 amide bonds. The fourth-order valence-electron chi connectivity index (χ4n) is 3.84. The van der Waals surface area contributed by atoms with Crippen molar-refractivity contribution in [2.75, 3.05) is 33.2 Å². The number of hydrogen-bond acceptors (Lipinski definition) is 4. The van der Waals surface area contributed by atoms with Crippen LogP contribution in [-0.4, -0.2) is 39.9 Å². The van der Waals surface area contributed by atoms with E-state index in [2.05, 4.69) is 12.2 Å². The van der Waals surface area contributed by atoms with Crippen LogP contribution in [-0.2, 0) is 14.2 Å². The number of unbranched alkanes of at least 4 members (excludes halogenated alkanes) is 5. The van der Waals surface area contributed by atoms with Crippen LogP contribution in [0.1, 0.15) is 64.7 Å². The highest BCUT2D eigenvalue weighted by Gasteiger charge is 2.39. The van der Waals surface area contributed by atoms with Gasteiger partial charge in [0.1, 0.15) is 5.69 Å². The van der Waals surface area contributed by atoms with Crippen LogP contribution in [0.15, 0.2) is 0 Å². The molecule has 6 nitrogen and oxygen atoms in total. The summed E-state index contributed by atoms with van der Waals surface area (Å²) in [6.45, 7) is 2.22. The van der Waals surface area contributed by atoms with E-state index in [0.717, 1.165) is 32.1 Å². The zero-order valence-electron chi connectivity index (χ0n) is 20.2. The Hall–Kier alpha value is -1.98. The summed E-state index contributed by atoms with van der Waals surface area (Å²) in [4.78, 5) is 12.0. The molecule has 1 aromatic carbocycles. The number of carbonyl (C=O) groups excluding carboxylic acids is 1. The van der Waals surface area contributed by atoms with Gasteiger partial charge in [-0.1, -0.05) is 45.4 Å². The third kappa shape index (κ3) is 8.06. The molecule has 196 valence electrons. The summed E-state index contributed by atoms with van der Waals surface area (Å²) < 4.78 is 83.6. The molecule has 0 aliphatic heterocycles. The van der Waals surface area contributed by atoms with Crippen molar-refractivity contribution in [3.63, 3.8) is 0 Å².